The molecule has 3 N–H and O–H groups in total. The molecule has 0 saturated heterocycles. The molecule has 5 nitrogen and oxygen atoms in total. The topological polar surface area (TPSA) is 67.6 Å². The van der Waals surface area contributed by atoms with Crippen molar-refractivity contribution in [3.8, 4) is 5.75 Å². The molecule has 3 rings (SSSR count). The van der Waals surface area contributed by atoms with Gasteiger partial charge in [-0.2, -0.15) is 0 Å². The van der Waals surface area contributed by atoms with Gasteiger partial charge in [-0.1, -0.05) is 6.07 Å². The van der Waals surface area contributed by atoms with Gasteiger partial charge >= 0.3 is 6.36 Å². The molecule has 0 unspecified atom stereocenters. The number of ether oxygens (including phenoxy) is 1. The van der Waals surface area contributed by atoms with Crippen molar-refractivity contribution in [3.63, 3.8) is 0 Å². The zero-order valence-corrected chi connectivity index (χ0v) is 13.8. The van der Waals surface area contributed by atoms with Gasteiger partial charge in [0.05, 0.1) is 6.54 Å². The summed E-state index contributed by atoms with van der Waals surface area (Å²) in [6.45, 7) is 0.874. The van der Waals surface area contributed by atoms with E-state index in [0.717, 1.165) is 42.8 Å². The summed E-state index contributed by atoms with van der Waals surface area (Å²) in [7, 11) is 0. The third-order valence-corrected chi connectivity index (χ3v) is 4.09. The molecular formula is C18H18F3N3O2. The van der Waals surface area contributed by atoms with Gasteiger partial charge in [0.15, 0.2) is 0 Å². The second-order valence-electron chi connectivity index (χ2n) is 5.99. The van der Waals surface area contributed by atoms with Gasteiger partial charge in [-0.05, 0) is 54.8 Å². The molecule has 0 fully saturated rings. The fourth-order valence-corrected chi connectivity index (χ4v) is 3.01. The number of hydrogen-bond donors (Lipinski definition) is 2. The summed E-state index contributed by atoms with van der Waals surface area (Å²) in [5.41, 5.74) is 9.10. The van der Waals surface area contributed by atoms with Crippen LogP contribution in [0.1, 0.15) is 12.0 Å². The lowest BCUT2D eigenvalue weighted by Crippen LogP contribution is -2.37. The highest BCUT2D eigenvalue weighted by molar-refractivity contribution is 5.94. The molecule has 0 spiro atoms. The van der Waals surface area contributed by atoms with E-state index in [4.69, 9.17) is 5.73 Å². The van der Waals surface area contributed by atoms with Crippen molar-refractivity contribution >= 4 is 23.0 Å². The Balaban J connectivity index is 1.63. The lowest BCUT2D eigenvalue weighted by molar-refractivity contribution is -0.274. The molecule has 8 heteroatoms. The Bertz CT molecular complexity index is 791. The van der Waals surface area contributed by atoms with Gasteiger partial charge in [-0.3, -0.25) is 4.79 Å². The van der Waals surface area contributed by atoms with Crippen molar-refractivity contribution in [3.05, 3.63) is 48.0 Å². The lowest BCUT2D eigenvalue weighted by Gasteiger charge is -2.31. The van der Waals surface area contributed by atoms with Crippen LogP contribution in [-0.4, -0.2) is 25.4 Å². The van der Waals surface area contributed by atoms with Gasteiger partial charge in [0.25, 0.3) is 0 Å². The van der Waals surface area contributed by atoms with E-state index in [2.05, 4.69) is 10.1 Å². The summed E-state index contributed by atoms with van der Waals surface area (Å²) in [4.78, 5) is 14.2. The van der Waals surface area contributed by atoms with Crippen LogP contribution in [0.15, 0.2) is 42.5 Å². The number of amides is 1. The maximum absolute atomic E-state index is 12.3. The van der Waals surface area contributed by atoms with Crippen molar-refractivity contribution in [2.24, 2.45) is 0 Å². The van der Waals surface area contributed by atoms with Crippen LogP contribution in [0, 0.1) is 0 Å². The second kappa shape index (κ2) is 7.15. The van der Waals surface area contributed by atoms with Crippen LogP contribution in [0.2, 0.25) is 0 Å². The minimum atomic E-state index is -4.74. The Kier molecular flexibility index (Phi) is 4.92. The van der Waals surface area contributed by atoms with E-state index in [1.807, 2.05) is 23.1 Å². The number of nitrogens with zero attached hydrogens (tertiary/aromatic N) is 1. The largest absolute Gasteiger partial charge is 0.573 e. The Labute approximate surface area is 148 Å². The first-order valence-electron chi connectivity index (χ1n) is 8.10. The Morgan fingerprint density at radius 2 is 1.92 bits per heavy atom. The minimum absolute atomic E-state index is 0.136. The predicted molar refractivity (Wildman–Crippen MR) is 93.1 cm³/mol. The van der Waals surface area contributed by atoms with Crippen molar-refractivity contribution in [1.82, 2.24) is 0 Å². The molecule has 0 radical (unpaired) electrons. The van der Waals surface area contributed by atoms with E-state index in [-0.39, 0.29) is 18.2 Å². The van der Waals surface area contributed by atoms with Crippen LogP contribution in [-0.2, 0) is 11.2 Å². The van der Waals surface area contributed by atoms with Crippen LogP contribution in [0.4, 0.5) is 30.2 Å². The summed E-state index contributed by atoms with van der Waals surface area (Å²) in [5.74, 6) is -0.597. The Morgan fingerprint density at radius 1 is 1.19 bits per heavy atom. The monoisotopic (exact) mass is 365 g/mol. The average molecular weight is 365 g/mol. The van der Waals surface area contributed by atoms with Gasteiger partial charge in [-0.25, -0.2) is 0 Å². The quantitative estimate of drug-likeness (QED) is 0.813. The molecule has 0 atom stereocenters. The van der Waals surface area contributed by atoms with E-state index < -0.39 is 6.36 Å². The molecule has 26 heavy (non-hydrogen) atoms. The number of hydrogen-bond acceptors (Lipinski definition) is 4. The fourth-order valence-electron chi connectivity index (χ4n) is 3.01. The van der Waals surface area contributed by atoms with Gasteiger partial charge in [0.2, 0.25) is 5.91 Å². The summed E-state index contributed by atoms with van der Waals surface area (Å²) in [5, 5.41) is 2.68. The third-order valence-electron chi connectivity index (χ3n) is 4.09. The maximum atomic E-state index is 12.3. The van der Waals surface area contributed by atoms with Crippen molar-refractivity contribution in [2.75, 3.05) is 29.0 Å². The number of carbonyl (C=O) groups excluding carboxylic acids is 1. The SMILES string of the molecule is Nc1cccc2c1CCCN2CC(=O)Nc1ccc(OC(F)(F)F)cc1. The Hall–Kier alpha value is -2.90. The van der Waals surface area contributed by atoms with Crippen molar-refractivity contribution in [1.29, 1.82) is 0 Å². The number of alkyl halides is 3. The van der Waals surface area contributed by atoms with E-state index in [0.29, 0.717) is 11.4 Å². The van der Waals surface area contributed by atoms with Gasteiger partial charge in [-0.15, -0.1) is 13.2 Å². The standard InChI is InChI=1S/C18H18F3N3O2/c19-18(20,21)26-13-8-6-12(7-9-13)23-17(25)11-24-10-2-3-14-15(22)4-1-5-16(14)24/h1,4-9H,2-3,10-11,22H2,(H,23,25). The smallest absolute Gasteiger partial charge is 0.406 e. The molecule has 0 bridgehead atoms. The molecule has 0 aliphatic carbocycles. The summed E-state index contributed by atoms with van der Waals surface area (Å²) in [6, 6.07) is 10.7. The fraction of sp³-hybridized carbons (Fsp3) is 0.278. The number of anilines is 3. The van der Waals surface area contributed by atoms with Gasteiger partial charge < -0.3 is 20.7 Å². The predicted octanol–water partition coefficient (Wildman–Crippen LogP) is 3.56. The van der Waals surface area contributed by atoms with Crippen LogP contribution in [0.3, 0.4) is 0 Å². The zero-order chi connectivity index (χ0) is 18.7. The molecule has 1 amide bonds. The minimum Gasteiger partial charge on any atom is -0.406 e. The van der Waals surface area contributed by atoms with Gasteiger partial charge in [0.1, 0.15) is 5.75 Å². The summed E-state index contributed by atoms with van der Waals surface area (Å²) in [6.07, 6.45) is -2.97. The van der Waals surface area contributed by atoms with Crippen LogP contribution in [0.5, 0.6) is 5.75 Å². The molecular weight excluding hydrogens is 347 g/mol. The second-order valence-corrected chi connectivity index (χ2v) is 5.99. The molecule has 1 heterocycles. The lowest BCUT2D eigenvalue weighted by atomic mass is 10.00. The highest BCUT2D eigenvalue weighted by atomic mass is 19.4. The number of benzene rings is 2. The van der Waals surface area contributed by atoms with E-state index in [1.165, 1.54) is 12.1 Å². The summed E-state index contributed by atoms with van der Waals surface area (Å²) >= 11 is 0. The third kappa shape index (κ3) is 4.38. The van der Waals surface area contributed by atoms with Crippen LogP contribution in [0.25, 0.3) is 0 Å². The molecule has 2 aromatic rings. The van der Waals surface area contributed by atoms with Gasteiger partial charge in [0, 0.05) is 23.6 Å². The first kappa shape index (κ1) is 17.9. The first-order chi connectivity index (χ1) is 12.3. The maximum Gasteiger partial charge on any atom is 0.573 e. The molecule has 0 aromatic heterocycles. The molecule has 1 aliphatic rings. The molecule has 0 saturated carbocycles. The number of nitrogen functional groups attached to an aromatic ring is 1. The number of fused-ring (bicyclic) bond motifs is 1. The molecule has 1 aliphatic heterocycles. The zero-order valence-electron chi connectivity index (χ0n) is 13.8. The number of nitrogens with two attached hydrogens (primary N) is 1. The summed E-state index contributed by atoms with van der Waals surface area (Å²) < 4.78 is 40.3. The van der Waals surface area contributed by atoms with E-state index in [1.54, 1.807) is 0 Å². The number of rotatable bonds is 4. The molecule has 2 aromatic carbocycles. The average Bonchev–Trinajstić information content (AvgIpc) is 2.56. The normalized spacial score (nSPS) is 13.9. The number of nitrogens with one attached hydrogen (secondary N) is 1. The van der Waals surface area contributed by atoms with Crippen LogP contribution >= 0.6 is 0 Å². The number of halogens is 3. The highest BCUT2D eigenvalue weighted by Crippen LogP contribution is 2.31. The number of carbonyl (C=O) groups is 1. The van der Waals surface area contributed by atoms with Crippen molar-refractivity contribution < 1.29 is 22.7 Å². The van der Waals surface area contributed by atoms with E-state index in [9.17, 15) is 18.0 Å². The highest BCUT2D eigenvalue weighted by Gasteiger charge is 2.31. The Morgan fingerprint density at radius 3 is 2.62 bits per heavy atom. The van der Waals surface area contributed by atoms with Crippen molar-refractivity contribution in [2.45, 2.75) is 19.2 Å². The first-order valence-corrected chi connectivity index (χ1v) is 8.10. The molecule has 138 valence electrons. The van der Waals surface area contributed by atoms with E-state index >= 15 is 0 Å². The van der Waals surface area contributed by atoms with Crippen LogP contribution < -0.4 is 20.7 Å².